The van der Waals surface area contributed by atoms with Crippen LogP contribution in [-0.2, 0) is 4.74 Å². The van der Waals surface area contributed by atoms with Crippen molar-refractivity contribution in [2.45, 2.75) is 32.8 Å². The average molecular weight is 181 g/mol. The summed E-state index contributed by atoms with van der Waals surface area (Å²) in [6.45, 7) is 7.05. The summed E-state index contributed by atoms with van der Waals surface area (Å²) in [6, 6.07) is 0. The van der Waals surface area contributed by atoms with Crippen LogP contribution < -0.4 is 5.32 Å². The second-order valence-electron chi connectivity index (χ2n) is 3.51. The van der Waals surface area contributed by atoms with Gasteiger partial charge in [0.2, 0.25) is 0 Å². The molecule has 0 aliphatic carbocycles. The molecule has 0 saturated carbocycles. The topological polar surface area (TPSA) is 21.3 Å². The molecule has 0 aromatic heterocycles. The zero-order valence-electron chi connectivity index (χ0n) is 8.60. The molecule has 0 bridgehead atoms. The molecule has 1 rings (SSSR count). The minimum atomic E-state index is 0.435. The van der Waals surface area contributed by atoms with Crippen LogP contribution >= 0.6 is 0 Å². The van der Waals surface area contributed by atoms with Crippen LogP contribution in [0.2, 0.25) is 0 Å². The van der Waals surface area contributed by atoms with E-state index in [1.807, 2.05) is 6.92 Å². The summed E-state index contributed by atoms with van der Waals surface area (Å²) >= 11 is 0. The molecule has 2 heteroatoms. The first-order chi connectivity index (χ1) is 6.34. The van der Waals surface area contributed by atoms with Crippen molar-refractivity contribution in [2.75, 3.05) is 19.7 Å². The molecule has 1 fully saturated rings. The van der Waals surface area contributed by atoms with E-state index in [2.05, 4.69) is 24.1 Å². The van der Waals surface area contributed by atoms with Crippen molar-refractivity contribution in [1.29, 1.82) is 0 Å². The van der Waals surface area contributed by atoms with E-state index in [9.17, 15) is 0 Å². The van der Waals surface area contributed by atoms with E-state index in [1.165, 1.54) is 6.42 Å². The Balaban J connectivity index is 2.01. The highest BCUT2D eigenvalue weighted by molar-refractivity contribution is 4.95. The highest BCUT2D eigenvalue weighted by Gasteiger charge is 2.23. The van der Waals surface area contributed by atoms with Crippen molar-refractivity contribution in [3.63, 3.8) is 0 Å². The summed E-state index contributed by atoms with van der Waals surface area (Å²) in [4.78, 5) is 0. The van der Waals surface area contributed by atoms with Crippen molar-refractivity contribution >= 4 is 0 Å². The number of hydrogen-bond donors (Lipinski definition) is 1. The molecule has 0 aromatic rings. The van der Waals surface area contributed by atoms with Crippen LogP contribution in [0.15, 0.2) is 0 Å². The quantitative estimate of drug-likeness (QED) is 0.523. The van der Waals surface area contributed by atoms with Gasteiger partial charge >= 0.3 is 0 Å². The van der Waals surface area contributed by atoms with Crippen LogP contribution in [0.1, 0.15) is 26.7 Å². The van der Waals surface area contributed by atoms with Crippen molar-refractivity contribution in [3.8, 4) is 11.8 Å². The summed E-state index contributed by atoms with van der Waals surface area (Å²) in [5.74, 6) is 6.63. The summed E-state index contributed by atoms with van der Waals surface area (Å²) < 4.78 is 5.48. The molecule has 1 N–H and O–H groups in total. The van der Waals surface area contributed by atoms with Crippen LogP contribution in [-0.4, -0.2) is 25.8 Å². The molecule has 13 heavy (non-hydrogen) atoms. The fourth-order valence-corrected chi connectivity index (χ4v) is 1.61. The molecule has 2 atom stereocenters. The summed E-state index contributed by atoms with van der Waals surface area (Å²) in [6.07, 6.45) is 2.59. The van der Waals surface area contributed by atoms with Gasteiger partial charge in [-0.2, -0.15) is 0 Å². The van der Waals surface area contributed by atoms with E-state index in [1.54, 1.807) is 0 Å². The third-order valence-corrected chi connectivity index (χ3v) is 2.54. The fourth-order valence-electron chi connectivity index (χ4n) is 1.61. The zero-order chi connectivity index (χ0) is 9.52. The largest absolute Gasteiger partial charge is 0.378 e. The molecule has 0 aromatic carbocycles. The predicted molar refractivity (Wildman–Crippen MR) is 54.5 cm³/mol. The Labute approximate surface area is 81.0 Å². The number of rotatable bonds is 4. The Bertz CT molecular complexity index is 192. The van der Waals surface area contributed by atoms with Crippen molar-refractivity contribution < 1.29 is 4.74 Å². The molecule has 2 unspecified atom stereocenters. The molecule has 1 aliphatic rings. The van der Waals surface area contributed by atoms with Crippen molar-refractivity contribution in [1.82, 2.24) is 5.32 Å². The van der Waals surface area contributed by atoms with Gasteiger partial charge in [0.1, 0.15) is 0 Å². The van der Waals surface area contributed by atoms with E-state index < -0.39 is 0 Å². The maximum atomic E-state index is 5.48. The minimum Gasteiger partial charge on any atom is -0.378 e. The summed E-state index contributed by atoms with van der Waals surface area (Å²) in [7, 11) is 0. The van der Waals surface area contributed by atoms with Gasteiger partial charge in [-0.1, -0.05) is 0 Å². The smallest absolute Gasteiger partial charge is 0.0588 e. The van der Waals surface area contributed by atoms with E-state index in [0.717, 1.165) is 26.1 Å². The maximum Gasteiger partial charge on any atom is 0.0588 e. The SMILES string of the molecule is CC#CCCNCC1CCOC1C. The molecule has 0 spiro atoms. The molecule has 2 nitrogen and oxygen atoms in total. The van der Waals surface area contributed by atoms with Crippen molar-refractivity contribution in [2.24, 2.45) is 5.92 Å². The van der Waals surface area contributed by atoms with E-state index in [-0.39, 0.29) is 0 Å². The van der Waals surface area contributed by atoms with Gasteiger partial charge in [0.15, 0.2) is 0 Å². The molecular weight excluding hydrogens is 162 g/mol. The molecular formula is C11H19NO. The Kier molecular flexibility index (Phi) is 4.88. The predicted octanol–water partition coefficient (Wildman–Crippen LogP) is 1.41. The molecule has 0 radical (unpaired) electrons. The van der Waals surface area contributed by atoms with Crippen molar-refractivity contribution in [3.05, 3.63) is 0 Å². The third kappa shape index (κ3) is 3.80. The Morgan fingerprint density at radius 2 is 2.38 bits per heavy atom. The molecule has 1 aliphatic heterocycles. The van der Waals surface area contributed by atoms with Crippen LogP contribution in [0, 0.1) is 17.8 Å². The van der Waals surface area contributed by atoms with E-state index in [4.69, 9.17) is 4.74 Å². The lowest BCUT2D eigenvalue weighted by atomic mass is 10.0. The van der Waals surface area contributed by atoms with Gasteiger partial charge in [0.05, 0.1) is 6.10 Å². The van der Waals surface area contributed by atoms with Gasteiger partial charge in [0.25, 0.3) is 0 Å². The summed E-state index contributed by atoms with van der Waals surface area (Å²) in [5, 5.41) is 3.41. The normalized spacial score (nSPS) is 26.9. The van der Waals surface area contributed by atoms with Gasteiger partial charge < -0.3 is 10.1 Å². The van der Waals surface area contributed by atoms with Gasteiger partial charge in [-0.05, 0) is 26.2 Å². The number of nitrogens with one attached hydrogen (secondary N) is 1. The van der Waals surface area contributed by atoms with Gasteiger partial charge in [0, 0.05) is 26.1 Å². The van der Waals surface area contributed by atoms with Crippen LogP contribution in [0.25, 0.3) is 0 Å². The molecule has 0 amide bonds. The fraction of sp³-hybridized carbons (Fsp3) is 0.818. The minimum absolute atomic E-state index is 0.435. The van der Waals surface area contributed by atoms with Crippen LogP contribution in [0.5, 0.6) is 0 Å². The van der Waals surface area contributed by atoms with Crippen LogP contribution in [0.4, 0.5) is 0 Å². The second-order valence-corrected chi connectivity index (χ2v) is 3.51. The summed E-state index contributed by atoms with van der Waals surface area (Å²) in [5.41, 5.74) is 0. The first-order valence-electron chi connectivity index (χ1n) is 5.06. The highest BCUT2D eigenvalue weighted by Crippen LogP contribution is 2.18. The standard InChI is InChI=1S/C11H19NO/c1-3-4-5-7-12-9-11-6-8-13-10(11)2/h10-12H,5-9H2,1-2H3. The monoisotopic (exact) mass is 181 g/mol. The lowest BCUT2D eigenvalue weighted by Gasteiger charge is -2.13. The molecule has 1 heterocycles. The average Bonchev–Trinajstić information content (AvgIpc) is 2.52. The van der Waals surface area contributed by atoms with Gasteiger partial charge in [-0.25, -0.2) is 0 Å². The lowest BCUT2D eigenvalue weighted by Crippen LogP contribution is -2.27. The number of ether oxygens (including phenoxy) is 1. The number of hydrogen-bond acceptors (Lipinski definition) is 2. The molecule has 1 saturated heterocycles. The van der Waals surface area contributed by atoms with Gasteiger partial charge in [-0.15, -0.1) is 11.8 Å². The van der Waals surface area contributed by atoms with Crippen LogP contribution in [0.3, 0.4) is 0 Å². The highest BCUT2D eigenvalue weighted by atomic mass is 16.5. The first-order valence-corrected chi connectivity index (χ1v) is 5.06. The maximum absolute atomic E-state index is 5.48. The Morgan fingerprint density at radius 3 is 3.00 bits per heavy atom. The molecule has 74 valence electrons. The van der Waals surface area contributed by atoms with E-state index in [0.29, 0.717) is 12.0 Å². The first kappa shape index (κ1) is 10.6. The Hall–Kier alpha value is -0.520. The van der Waals surface area contributed by atoms with E-state index >= 15 is 0 Å². The second kappa shape index (κ2) is 6.01. The lowest BCUT2D eigenvalue weighted by molar-refractivity contribution is 0.105. The van der Waals surface area contributed by atoms with Gasteiger partial charge in [-0.3, -0.25) is 0 Å². The zero-order valence-corrected chi connectivity index (χ0v) is 8.60. The third-order valence-electron chi connectivity index (χ3n) is 2.54. The Morgan fingerprint density at radius 1 is 1.54 bits per heavy atom.